The first kappa shape index (κ1) is 44.9. The minimum Gasteiger partial charge on any atom is -0.461 e. The monoisotopic (exact) mass is 937 g/mol. The normalized spacial score (nSPS) is 16.4. The Bertz CT molecular complexity index is 3750. The Morgan fingerprint density at radius 3 is 1.38 bits per heavy atom. The quantitative estimate of drug-likeness (QED) is 0.161. The lowest BCUT2D eigenvalue weighted by molar-refractivity contribution is 0.578. The molecule has 1 spiro atoms. The Hall–Kier alpha value is -7.04. The van der Waals surface area contributed by atoms with E-state index in [1.165, 1.54) is 117 Å². The van der Waals surface area contributed by atoms with Crippen molar-refractivity contribution in [2.45, 2.75) is 117 Å². The van der Waals surface area contributed by atoms with Crippen molar-refractivity contribution in [1.82, 2.24) is 0 Å². The lowest BCUT2D eigenvalue weighted by Gasteiger charge is -2.46. The van der Waals surface area contributed by atoms with Crippen LogP contribution in [0, 0.1) is 6.92 Å². The van der Waals surface area contributed by atoms with Crippen LogP contribution in [0.15, 0.2) is 162 Å². The van der Waals surface area contributed by atoms with E-state index in [-0.39, 0.29) is 28.4 Å². The molecule has 72 heavy (non-hydrogen) atoms. The van der Waals surface area contributed by atoms with Crippen LogP contribution in [0.2, 0.25) is 0 Å². The molecule has 1 aromatic heterocycles. The van der Waals surface area contributed by atoms with Gasteiger partial charge in [0.1, 0.15) is 11.3 Å². The third kappa shape index (κ3) is 6.30. The van der Waals surface area contributed by atoms with E-state index in [1.807, 2.05) is 0 Å². The van der Waals surface area contributed by atoms with E-state index >= 15 is 0 Å². The third-order valence-corrected chi connectivity index (χ3v) is 16.8. The van der Waals surface area contributed by atoms with Crippen molar-refractivity contribution in [1.29, 1.82) is 0 Å². The van der Waals surface area contributed by atoms with Gasteiger partial charge in [0.05, 0.1) is 5.41 Å². The van der Waals surface area contributed by atoms with Crippen molar-refractivity contribution < 1.29 is 4.42 Å². The molecule has 356 valence electrons. The molecule has 0 bridgehead atoms. The minimum atomic E-state index is -0.543. The second kappa shape index (κ2) is 14.8. The average molecular weight is 937 g/mol. The highest BCUT2D eigenvalue weighted by Crippen LogP contribution is 2.64. The third-order valence-electron chi connectivity index (χ3n) is 16.8. The van der Waals surface area contributed by atoms with Crippen LogP contribution >= 0.6 is 0 Å². The largest absolute Gasteiger partial charge is 0.461 e. The summed E-state index contributed by atoms with van der Waals surface area (Å²) < 4.78 is 6.38. The van der Waals surface area contributed by atoms with Gasteiger partial charge in [-0.2, -0.15) is 0 Å². The molecule has 1 atom stereocenters. The number of furan rings is 1. The van der Waals surface area contributed by atoms with Crippen molar-refractivity contribution in [2.24, 2.45) is 0 Å². The first-order chi connectivity index (χ1) is 34.1. The van der Waals surface area contributed by atoms with E-state index in [0.29, 0.717) is 0 Å². The molecule has 3 nitrogen and oxygen atoms in total. The molecule has 2 aliphatic carbocycles. The first-order valence-corrected chi connectivity index (χ1v) is 26.2. The highest BCUT2D eigenvalue weighted by Gasteiger charge is 2.54. The minimum absolute atomic E-state index is 0.0147. The fraction of sp³-hybridized carbons (Fsp3) is 0.265. The van der Waals surface area contributed by atoms with Crippen molar-refractivity contribution in [2.75, 3.05) is 9.80 Å². The summed E-state index contributed by atoms with van der Waals surface area (Å²) in [6, 6.07) is 62.0. The molecule has 0 radical (unpaired) electrons. The summed E-state index contributed by atoms with van der Waals surface area (Å²) in [6.45, 7) is 30.0. The summed E-state index contributed by atoms with van der Waals surface area (Å²) in [4.78, 5) is 5.24. The van der Waals surface area contributed by atoms with E-state index < -0.39 is 5.41 Å². The number of rotatable bonds is 2. The maximum atomic E-state index is 6.38. The zero-order chi connectivity index (χ0) is 50.2. The Labute approximate surface area is 427 Å². The lowest BCUT2D eigenvalue weighted by Crippen LogP contribution is -2.61. The zero-order valence-corrected chi connectivity index (χ0v) is 44.4. The topological polar surface area (TPSA) is 19.6 Å². The van der Waals surface area contributed by atoms with Gasteiger partial charge < -0.3 is 14.2 Å². The SMILES string of the molecule is Cc1cc2cc3c(cc2o1)-c1ccccc1C31c2ccccc2-c2cc3c(cc21)B1c2ccc(C(C)(C)C)cc2N(c2ccc(C(C)(C)C)cc2)c2cc(C(C)(C)C)cc(c21)N3c1ccc(C(C)(C)C)cc1. The summed E-state index contributed by atoms with van der Waals surface area (Å²) in [5.41, 5.74) is 27.3. The van der Waals surface area contributed by atoms with Crippen LogP contribution in [-0.2, 0) is 27.1 Å². The highest BCUT2D eigenvalue weighted by molar-refractivity contribution is 7.00. The van der Waals surface area contributed by atoms with Crippen molar-refractivity contribution in [3.63, 3.8) is 0 Å². The van der Waals surface area contributed by atoms with Gasteiger partial charge >= 0.3 is 0 Å². The lowest BCUT2D eigenvalue weighted by atomic mass is 9.33. The van der Waals surface area contributed by atoms with E-state index in [1.54, 1.807) is 0 Å². The molecule has 3 heterocycles. The van der Waals surface area contributed by atoms with Crippen LogP contribution in [0.4, 0.5) is 34.1 Å². The molecule has 0 fully saturated rings. The van der Waals surface area contributed by atoms with Crippen molar-refractivity contribution in [3.8, 4) is 22.3 Å². The first-order valence-electron chi connectivity index (χ1n) is 26.2. The number of hydrogen-bond acceptors (Lipinski definition) is 3. The van der Waals surface area contributed by atoms with Gasteiger partial charge in [0.25, 0.3) is 6.71 Å². The van der Waals surface area contributed by atoms with E-state index in [4.69, 9.17) is 4.42 Å². The van der Waals surface area contributed by atoms with Crippen LogP contribution in [0.5, 0.6) is 0 Å². The predicted molar refractivity (Wildman–Crippen MR) is 306 cm³/mol. The van der Waals surface area contributed by atoms with Gasteiger partial charge in [0.15, 0.2) is 0 Å². The molecule has 0 N–H and O–H groups in total. The fourth-order valence-electron chi connectivity index (χ4n) is 13.0. The summed E-state index contributed by atoms with van der Waals surface area (Å²) >= 11 is 0. The maximum Gasteiger partial charge on any atom is 0.252 e. The Kier molecular flexibility index (Phi) is 9.21. The van der Waals surface area contributed by atoms with Gasteiger partial charge in [0, 0.05) is 39.5 Å². The van der Waals surface area contributed by atoms with Crippen LogP contribution in [-0.4, -0.2) is 6.71 Å². The predicted octanol–water partition coefficient (Wildman–Crippen LogP) is 16.4. The Morgan fingerprint density at radius 2 is 0.847 bits per heavy atom. The molecular weight excluding hydrogens is 872 g/mol. The number of nitrogens with zero attached hydrogens (tertiary/aromatic N) is 2. The molecule has 0 saturated carbocycles. The van der Waals surface area contributed by atoms with E-state index in [9.17, 15) is 0 Å². The smallest absolute Gasteiger partial charge is 0.252 e. The summed E-state index contributed by atoms with van der Waals surface area (Å²) in [7, 11) is 0. The van der Waals surface area contributed by atoms with E-state index in [2.05, 4.69) is 258 Å². The molecule has 2 aliphatic heterocycles. The van der Waals surface area contributed by atoms with Crippen LogP contribution < -0.4 is 26.2 Å². The average Bonchev–Trinajstić information content (AvgIpc) is 3.95. The second-order valence-electron chi connectivity index (χ2n) is 25.5. The van der Waals surface area contributed by atoms with E-state index in [0.717, 1.165) is 16.7 Å². The van der Waals surface area contributed by atoms with Crippen molar-refractivity contribution >= 4 is 68.2 Å². The van der Waals surface area contributed by atoms with Crippen molar-refractivity contribution in [3.05, 3.63) is 208 Å². The van der Waals surface area contributed by atoms with Crippen LogP contribution in [0.25, 0.3) is 33.2 Å². The Balaban J connectivity index is 1.17. The van der Waals surface area contributed by atoms with Gasteiger partial charge in [-0.3, -0.25) is 0 Å². The molecule has 0 saturated heterocycles. The molecule has 0 amide bonds. The number of anilines is 6. The molecule has 1 unspecified atom stereocenters. The zero-order valence-electron chi connectivity index (χ0n) is 44.4. The maximum absolute atomic E-state index is 6.38. The number of benzene rings is 8. The molecule has 4 aliphatic rings. The number of aryl methyl sites for hydroxylation is 1. The molecule has 8 aromatic carbocycles. The van der Waals surface area contributed by atoms with Crippen LogP contribution in [0.1, 0.15) is 133 Å². The second-order valence-corrected chi connectivity index (χ2v) is 25.5. The molecule has 4 heteroatoms. The standard InChI is InChI=1S/C68H65BN2O/c1-40-32-41-33-54-51(38-62(41)72-40)49-19-15-17-21-53(49)68(54)52-20-16-14-18-48(52)50-37-59-57(39-55(50)68)69-56-31-26-44(66(8,9)10)34-58(56)70(46-27-22-42(23-28-46)64(2,3)4)60-35-45(67(11,12)13)36-61(63(60)69)71(59)47-29-24-43(25-30-47)65(5,6)7/h14-39H,1-13H3. The van der Waals surface area contributed by atoms with Gasteiger partial charge in [-0.05, 0) is 178 Å². The highest BCUT2D eigenvalue weighted by atomic mass is 16.3. The summed E-state index contributed by atoms with van der Waals surface area (Å²) in [5, 5.41) is 1.15. The summed E-state index contributed by atoms with van der Waals surface area (Å²) in [5.74, 6) is 0.932. The number of hydrogen-bond donors (Lipinski definition) is 0. The van der Waals surface area contributed by atoms with Gasteiger partial charge in [-0.15, -0.1) is 0 Å². The van der Waals surface area contributed by atoms with Crippen LogP contribution in [0.3, 0.4) is 0 Å². The number of fused-ring (bicyclic) bond motifs is 15. The molecular formula is C68H65BN2O. The van der Waals surface area contributed by atoms with Gasteiger partial charge in [-0.25, -0.2) is 0 Å². The molecule has 9 aromatic rings. The summed E-state index contributed by atoms with van der Waals surface area (Å²) in [6.07, 6.45) is 0. The van der Waals surface area contributed by atoms with Gasteiger partial charge in [0.2, 0.25) is 0 Å². The fourth-order valence-corrected chi connectivity index (χ4v) is 13.0. The Morgan fingerprint density at radius 1 is 0.389 bits per heavy atom. The molecule has 13 rings (SSSR count). The van der Waals surface area contributed by atoms with Gasteiger partial charge in [-0.1, -0.05) is 174 Å².